The lowest BCUT2D eigenvalue weighted by Gasteiger charge is -2.42. The number of hydrogen-bond acceptors (Lipinski definition) is 2. The molecule has 4 rings (SSSR count). The summed E-state index contributed by atoms with van der Waals surface area (Å²) >= 11 is 0. The Morgan fingerprint density at radius 3 is 2.57 bits per heavy atom. The summed E-state index contributed by atoms with van der Waals surface area (Å²) in [7, 11) is 0. The Bertz CT molecular complexity index is 955. The maximum atomic E-state index is 13.4. The molecule has 0 aromatic heterocycles. The van der Waals surface area contributed by atoms with E-state index < -0.39 is 0 Å². The molecule has 28 heavy (non-hydrogen) atoms. The summed E-state index contributed by atoms with van der Waals surface area (Å²) in [5.41, 5.74) is 1.93. The van der Waals surface area contributed by atoms with Gasteiger partial charge in [0.05, 0.1) is 6.04 Å². The van der Waals surface area contributed by atoms with Gasteiger partial charge in [-0.3, -0.25) is 9.59 Å². The quantitative estimate of drug-likeness (QED) is 0.767. The number of nitrogens with zero attached hydrogens (tertiary/aromatic N) is 2. The van der Waals surface area contributed by atoms with Crippen LogP contribution in [0.25, 0.3) is 10.8 Å². The van der Waals surface area contributed by atoms with E-state index in [-0.39, 0.29) is 17.9 Å². The Balaban J connectivity index is 1.56. The molecule has 2 fully saturated rings. The summed E-state index contributed by atoms with van der Waals surface area (Å²) in [5.74, 6) is 3.26. The highest BCUT2D eigenvalue weighted by Gasteiger charge is 2.41. The van der Waals surface area contributed by atoms with Gasteiger partial charge >= 0.3 is 0 Å². The predicted molar refractivity (Wildman–Crippen MR) is 111 cm³/mol. The van der Waals surface area contributed by atoms with Crippen LogP contribution in [0.15, 0.2) is 36.4 Å². The summed E-state index contributed by atoms with van der Waals surface area (Å²) in [4.78, 5) is 29.9. The van der Waals surface area contributed by atoms with Crippen molar-refractivity contribution in [3.05, 3.63) is 47.5 Å². The van der Waals surface area contributed by atoms with E-state index >= 15 is 0 Å². The van der Waals surface area contributed by atoms with Gasteiger partial charge in [0.1, 0.15) is 0 Å². The highest BCUT2D eigenvalue weighted by Crippen LogP contribution is 2.37. The third-order valence-electron chi connectivity index (χ3n) is 6.05. The minimum Gasteiger partial charge on any atom is -0.336 e. The van der Waals surface area contributed by atoms with Crippen molar-refractivity contribution in [3.63, 3.8) is 0 Å². The molecule has 0 spiro atoms. The van der Waals surface area contributed by atoms with E-state index in [1.54, 1.807) is 0 Å². The van der Waals surface area contributed by atoms with Gasteiger partial charge in [0.15, 0.2) is 0 Å². The molecule has 2 aliphatic rings. The number of amides is 2. The van der Waals surface area contributed by atoms with Gasteiger partial charge in [-0.05, 0) is 48.1 Å². The lowest BCUT2D eigenvalue weighted by atomic mass is 9.98. The molecule has 2 aromatic carbocycles. The number of piperazine rings is 1. The summed E-state index contributed by atoms with van der Waals surface area (Å²) in [6.07, 6.45) is 8.47. The molecule has 4 nitrogen and oxygen atoms in total. The van der Waals surface area contributed by atoms with Crippen molar-refractivity contribution >= 4 is 22.6 Å². The molecule has 2 aromatic rings. The third-order valence-corrected chi connectivity index (χ3v) is 6.05. The van der Waals surface area contributed by atoms with Crippen molar-refractivity contribution in [2.24, 2.45) is 5.92 Å². The number of carbonyl (C=O) groups excluding carboxylic acids is 2. The fourth-order valence-electron chi connectivity index (χ4n) is 4.32. The van der Waals surface area contributed by atoms with Crippen LogP contribution < -0.4 is 0 Å². The summed E-state index contributed by atoms with van der Waals surface area (Å²) in [6.45, 7) is 3.86. The first-order valence-electron chi connectivity index (χ1n) is 10.1. The number of carbonyl (C=O) groups is 2. The van der Waals surface area contributed by atoms with E-state index in [0.717, 1.165) is 29.2 Å². The molecule has 1 saturated heterocycles. The Hall–Kier alpha value is -2.80. The second-order valence-electron chi connectivity index (χ2n) is 7.92. The summed E-state index contributed by atoms with van der Waals surface area (Å²) < 4.78 is 0. The molecule has 0 bridgehead atoms. The van der Waals surface area contributed by atoms with E-state index in [9.17, 15) is 9.59 Å². The summed E-state index contributed by atoms with van der Waals surface area (Å²) in [5, 5.41) is 2.12. The molecule has 1 saturated carbocycles. The minimum absolute atomic E-state index is 0.0672. The average molecular weight is 374 g/mol. The lowest BCUT2D eigenvalue weighted by molar-refractivity contribution is -0.136. The van der Waals surface area contributed by atoms with Crippen LogP contribution in [-0.4, -0.2) is 47.3 Å². The van der Waals surface area contributed by atoms with Gasteiger partial charge in [-0.25, -0.2) is 0 Å². The van der Waals surface area contributed by atoms with Crippen molar-refractivity contribution < 1.29 is 9.59 Å². The molecule has 1 aliphatic carbocycles. The second-order valence-corrected chi connectivity index (χ2v) is 7.92. The first-order chi connectivity index (χ1) is 13.6. The maximum absolute atomic E-state index is 13.4. The molecule has 144 valence electrons. The van der Waals surface area contributed by atoms with Crippen LogP contribution in [0.3, 0.4) is 0 Å². The molecule has 1 aliphatic heterocycles. The first kappa shape index (κ1) is 18.6. The van der Waals surface area contributed by atoms with E-state index in [0.29, 0.717) is 38.4 Å². The number of rotatable bonds is 4. The molecule has 1 heterocycles. The van der Waals surface area contributed by atoms with E-state index in [2.05, 4.69) is 18.9 Å². The number of fused-ring (bicyclic) bond motifs is 1. The topological polar surface area (TPSA) is 40.6 Å². The highest BCUT2D eigenvalue weighted by atomic mass is 16.2. The molecule has 0 radical (unpaired) electrons. The molecule has 4 heteroatoms. The average Bonchev–Trinajstić information content (AvgIpc) is 3.57. The maximum Gasteiger partial charge on any atom is 0.254 e. The third kappa shape index (κ3) is 3.49. The van der Waals surface area contributed by atoms with Crippen LogP contribution in [0, 0.1) is 25.2 Å². The highest BCUT2D eigenvalue weighted by molar-refractivity contribution is 6.07. The summed E-state index contributed by atoms with van der Waals surface area (Å²) in [6, 6.07) is 12.2. The van der Waals surface area contributed by atoms with Crippen LogP contribution in [0.1, 0.15) is 41.6 Å². The van der Waals surface area contributed by atoms with Crippen LogP contribution >= 0.6 is 0 Å². The van der Waals surface area contributed by atoms with Crippen molar-refractivity contribution in [3.8, 4) is 12.3 Å². The van der Waals surface area contributed by atoms with Crippen LogP contribution in [-0.2, 0) is 4.79 Å². The monoisotopic (exact) mass is 374 g/mol. The molecule has 1 atom stereocenters. The van der Waals surface area contributed by atoms with Crippen molar-refractivity contribution in [1.82, 2.24) is 9.80 Å². The Morgan fingerprint density at radius 2 is 1.86 bits per heavy atom. The Morgan fingerprint density at radius 1 is 1.11 bits per heavy atom. The van der Waals surface area contributed by atoms with E-state index in [1.807, 2.05) is 40.1 Å². The second kappa shape index (κ2) is 7.67. The van der Waals surface area contributed by atoms with Gasteiger partial charge in [-0.2, -0.15) is 0 Å². The number of terminal acetylenes is 1. The van der Waals surface area contributed by atoms with Gasteiger partial charge in [0, 0.05) is 38.0 Å². The van der Waals surface area contributed by atoms with Gasteiger partial charge in [-0.1, -0.05) is 30.3 Å². The number of aryl methyl sites for hydroxylation is 1. The van der Waals surface area contributed by atoms with Crippen molar-refractivity contribution in [2.75, 3.05) is 19.6 Å². The van der Waals surface area contributed by atoms with E-state index in [1.165, 1.54) is 5.56 Å². The van der Waals surface area contributed by atoms with Gasteiger partial charge in [0.2, 0.25) is 5.91 Å². The fourth-order valence-corrected chi connectivity index (χ4v) is 4.32. The molecular weight excluding hydrogens is 348 g/mol. The Kier molecular flexibility index (Phi) is 5.09. The van der Waals surface area contributed by atoms with Gasteiger partial charge in [0.25, 0.3) is 5.91 Å². The molecule has 0 N–H and O–H groups in total. The van der Waals surface area contributed by atoms with Crippen LogP contribution in [0.4, 0.5) is 0 Å². The van der Waals surface area contributed by atoms with Crippen molar-refractivity contribution in [1.29, 1.82) is 0 Å². The van der Waals surface area contributed by atoms with E-state index in [4.69, 9.17) is 6.42 Å². The number of hydrogen-bond donors (Lipinski definition) is 0. The molecule has 2 amide bonds. The SMILES string of the molecule is C#CCCC(=O)N1CCN(C(=O)c2ccc(C)c3ccccc23)CC1C1CC1. The number of benzene rings is 2. The zero-order chi connectivity index (χ0) is 19.7. The lowest BCUT2D eigenvalue weighted by Crippen LogP contribution is -2.57. The van der Waals surface area contributed by atoms with Crippen LogP contribution in [0.2, 0.25) is 0 Å². The largest absolute Gasteiger partial charge is 0.336 e. The molecular formula is C24H26N2O2. The van der Waals surface area contributed by atoms with Crippen LogP contribution in [0.5, 0.6) is 0 Å². The fraction of sp³-hybridized carbons (Fsp3) is 0.417. The zero-order valence-corrected chi connectivity index (χ0v) is 16.4. The minimum atomic E-state index is 0.0672. The smallest absolute Gasteiger partial charge is 0.254 e. The van der Waals surface area contributed by atoms with Crippen molar-refractivity contribution in [2.45, 2.75) is 38.6 Å². The predicted octanol–water partition coefficient (Wildman–Crippen LogP) is 3.62. The standard InChI is InChI=1S/C24H26N2O2/c1-3-4-9-23(27)26-15-14-25(16-22(26)18-11-12-18)24(28)21-13-10-17(2)19-7-5-6-8-20(19)21/h1,5-8,10,13,18,22H,4,9,11-12,14-16H2,2H3. The Labute approximate surface area is 166 Å². The first-order valence-corrected chi connectivity index (χ1v) is 10.1. The zero-order valence-electron chi connectivity index (χ0n) is 16.4. The van der Waals surface area contributed by atoms with Gasteiger partial charge < -0.3 is 9.80 Å². The molecule has 1 unspecified atom stereocenters. The van der Waals surface area contributed by atoms with Gasteiger partial charge in [-0.15, -0.1) is 12.3 Å². The normalized spacial score (nSPS) is 19.5.